The molecule has 0 aliphatic carbocycles. The van der Waals surface area contributed by atoms with Crippen molar-refractivity contribution in [1.82, 2.24) is 0 Å². The molecule has 0 spiro atoms. The van der Waals surface area contributed by atoms with Gasteiger partial charge in [-0.2, -0.15) is 0 Å². The average Bonchev–Trinajstić information content (AvgIpc) is 2.82. The van der Waals surface area contributed by atoms with E-state index in [0.717, 1.165) is 6.08 Å². The Labute approximate surface area is 198 Å². The first-order valence-corrected chi connectivity index (χ1v) is 10.7. The molecule has 2 atom stereocenters. The number of carboxylic acids is 1. The first-order chi connectivity index (χ1) is 16.3. The second kappa shape index (κ2) is 13.8. The number of aliphatic hydroxyl groups is 1. The Morgan fingerprint density at radius 1 is 1.12 bits per heavy atom. The van der Waals surface area contributed by atoms with Gasteiger partial charge in [-0.1, -0.05) is 18.2 Å². The second-order valence-corrected chi connectivity index (χ2v) is 7.32. The van der Waals surface area contributed by atoms with Gasteiger partial charge in [0.15, 0.2) is 11.9 Å². The molecule has 9 heteroatoms. The number of benzene rings is 2. The largest absolute Gasteiger partial charge is 0.491 e. The molecule has 3 N–H and O–H groups in total. The highest BCUT2D eigenvalue weighted by Crippen LogP contribution is 2.29. The predicted octanol–water partition coefficient (Wildman–Crippen LogP) is 3.99. The van der Waals surface area contributed by atoms with Crippen molar-refractivity contribution in [2.24, 2.45) is 0 Å². The van der Waals surface area contributed by atoms with Crippen LogP contribution in [0.15, 0.2) is 60.7 Å². The number of hydrogen-bond donors (Lipinski definition) is 3. The quantitative estimate of drug-likeness (QED) is 0.295. The van der Waals surface area contributed by atoms with E-state index in [2.05, 4.69) is 5.32 Å². The zero-order valence-corrected chi connectivity index (χ0v) is 19.1. The predicted molar refractivity (Wildman–Crippen MR) is 125 cm³/mol. The van der Waals surface area contributed by atoms with E-state index in [1.807, 2.05) is 0 Å². The minimum atomic E-state index is -1.05. The Hall–Kier alpha value is -3.69. The molecule has 2 aromatic carbocycles. The van der Waals surface area contributed by atoms with Gasteiger partial charge in [0.2, 0.25) is 0 Å². The standard InChI is InChI=1S/C25H29NO8/c1-17(28)18-10-12-20(13-11-18)26-25(31)34-24(22(32-2)8-3-4-9-23(29)30)19-6-5-7-21(16-19)33-15-14-27/h4-7,9-13,16,22,24,27H,3,8,14-15H2,1-2H3,(H,26,31)(H,29,30)/b9-4+/t22-,24-/m0/s1. The van der Waals surface area contributed by atoms with E-state index < -0.39 is 24.3 Å². The lowest BCUT2D eigenvalue weighted by atomic mass is 10.00. The number of carbonyl (C=O) groups excluding carboxylic acids is 2. The van der Waals surface area contributed by atoms with Crippen LogP contribution in [-0.4, -0.2) is 54.5 Å². The fraction of sp³-hybridized carbons (Fsp3) is 0.320. The van der Waals surface area contributed by atoms with Crippen molar-refractivity contribution in [3.63, 3.8) is 0 Å². The van der Waals surface area contributed by atoms with E-state index in [1.54, 1.807) is 48.5 Å². The van der Waals surface area contributed by atoms with Crippen molar-refractivity contribution in [2.75, 3.05) is 25.6 Å². The molecule has 182 valence electrons. The van der Waals surface area contributed by atoms with Gasteiger partial charge in [-0.25, -0.2) is 9.59 Å². The maximum absolute atomic E-state index is 12.7. The summed E-state index contributed by atoms with van der Waals surface area (Å²) in [6.45, 7) is 1.42. The lowest BCUT2D eigenvalue weighted by Crippen LogP contribution is -2.28. The maximum atomic E-state index is 12.7. The molecule has 0 aromatic heterocycles. The number of rotatable bonds is 13. The summed E-state index contributed by atoms with van der Waals surface area (Å²) >= 11 is 0. The zero-order chi connectivity index (χ0) is 24.9. The van der Waals surface area contributed by atoms with Gasteiger partial charge in [0.1, 0.15) is 12.4 Å². The van der Waals surface area contributed by atoms with E-state index >= 15 is 0 Å². The molecule has 2 rings (SSSR count). The smallest absolute Gasteiger partial charge is 0.412 e. The molecular formula is C25H29NO8. The van der Waals surface area contributed by atoms with Crippen molar-refractivity contribution in [2.45, 2.75) is 32.0 Å². The third kappa shape index (κ3) is 8.68. The molecular weight excluding hydrogens is 442 g/mol. The molecule has 0 bridgehead atoms. The van der Waals surface area contributed by atoms with E-state index in [1.165, 1.54) is 20.1 Å². The fourth-order valence-electron chi connectivity index (χ4n) is 3.19. The van der Waals surface area contributed by atoms with Gasteiger partial charge >= 0.3 is 12.1 Å². The number of amides is 1. The highest BCUT2D eigenvalue weighted by molar-refractivity contribution is 5.95. The summed E-state index contributed by atoms with van der Waals surface area (Å²) in [5.74, 6) is -0.649. The van der Waals surface area contributed by atoms with Crippen LogP contribution < -0.4 is 10.1 Å². The zero-order valence-electron chi connectivity index (χ0n) is 19.1. The van der Waals surface area contributed by atoms with Crippen molar-refractivity contribution in [1.29, 1.82) is 0 Å². The van der Waals surface area contributed by atoms with Crippen molar-refractivity contribution in [3.8, 4) is 5.75 Å². The van der Waals surface area contributed by atoms with Crippen LogP contribution in [0.25, 0.3) is 0 Å². The number of Topliss-reactive ketones (excluding diaryl/α,β-unsaturated/α-hetero) is 1. The number of methoxy groups -OCH3 is 1. The molecule has 0 fully saturated rings. The lowest BCUT2D eigenvalue weighted by Gasteiger charge is -2.26. The molecule has 2 aromatic rings. The molecule has 34 heavy (non-hydrogen) atoms. The summed E-state index contributed by atoms with van der Waals surface area (Å²) in [5, 5.41) is 20.4. The van der Waals surface area contributed by atoms with Crippen LogP contribution in [0, 0.1) is 0 Å². The number of hydrogen-bond acceptors (Lipinski definition) is 7. The van der Waals surface area contributed by atoms with Crippen LogP contribution in [0.4, 0.5) is 10.5 Å². The van der Waals surface area contributed by atoms with Gasteiger partial charge in [-0.05, 0) is 61.7 Å². The molecule has 0 heterocycles. The third-order valence-electron chi connectivity index (χ3n) is 4.84. The number of ketones is 1. The molecule has 9 nitrogen and oxygen atoms in total. The average molecular weight is 472 g/mol. The lowest BCUT2D eigenvalue weighted by molar-refractivity contribution is -0.131. The molecule has 0 aliphatic rings. The Balaban J connectivity index is 2.21. The molecule has 1 amide bonds. The maximum Gasteiger partial charge on any atom is 0.412 e. The van der Waals surface area contributed by atoms with Gasteiger partial charge in [-0.3, -0.25) is 10.1 Å². The normalized spacial score (nSPS) is 12.7. The molecule has 0 radical (unpaired) electrons. The Bertz CT molecular complexity index is 987. The van der Waals surface area contributed by atoms with Gasteiger partial charge < -0.3 is 24.4 Å². The number of aliphatic hydroxyl groups excluding tert-OH is 1. The van der Waals surface area contributed by atoms with E-state index in [-0.39, 0.29) is 19.0 Å². The minimum absolute atomic E-state index is 0.0858. The van der Waals surface area contributed by atoms with Crippen LogP contribution in [0.3, 0.4) is 0 Å². The minimum Gasteiger partial charge on any atom is -0.491 e. The third-order valence-corrected chi connectivity index (χ3v) is 4.84. The first kappa shape index (κ1) is 26.6. The summed E-state index contributed by atoms with van der Waals surface area (Å²) in [7, 11) is 1.48. The number of allylic oxidation sites excluding steroid dienone is 1. The van der Waals surface area contributed by atoms with Gasteiger partial charge in [0, 0.05) is 24.4 Å². The first-order valence-electron chi connectivity index (χ1n) is 10.7. The summed E-state index contributed by atoms with van der Waals surface area (Å²) in [6, 6.07) is 13.3. The number of carboxylic acid groups (broad SMARTS) is 1. The van der Waals surface area contributed by atoms with E-state index in [0.29, 0.717) is 35.4 Å². The monoisotopic (exact) mass is 471 g/mol. The van der Waals surface area contributed by atoms with E-state index in [4.69, 9.17) is 24.4 Å². The molecule has 0 saturated carbocycles. The topological polar surface area (TPSA) is 131 Å². The highest BCUT2D eigenvalue weighted by atomic mass is 16.6. The van der Waals surface area contributed by atoms with Crippen LogP contribution in [0.2, 0.25) is 0 Å². The fourth-order valence-corrected chi connectivity index (χ4v) is 3.19. The van der Waals surface area contributed by atoms with Crippen LogP contribution in [-0.2, 0) is 14.3 Å². The summed E-state index contributed by atoms with van der Waals surface area (Å²) in [6.07, 6.45) is 1.17. The van der Waals surface area contributed by atoms with Crippen molar-refractivity contribution >= 4 is 23.5 Å². The van der Waals surface area contributed by atoms with Crippen molar-refractivity contribution in [3.05, 3.63) is 71.8 Å². The number of anilines is 1. The summed E-state index contributed by atoms with van der Waals surface area (Å²) in [4.78, 5) is 34.9. The Kier molecular flexibility index (Phi) is 10.8. The van der Waals surface area contributed by atoms with E-state index in [9.17, 15) is 14.4 Å². The Morgan fingerprint density at radius 2 is 1.85 bits per heavy atom. The SMILES string of the molecule is CO[C@@H](CC/C=C/C(=O)O)[C@@H](OC(=O)Nc1ccc(C(C)=O)cc1)c1cccc(OCCO)c1. The molecule has 0 aliphatic heterocycles. The van der Waals surface area contributed by atoms with Crippen LogP contribution >= 0.6 is 0 Å². The van der Waals surface area contributed by atoms with Crippen molar-refractivity contribution < 1.29 is 38.8 Å². The number of ether oxygens (including phenoxy) is 3. The number of aliphatic carboxylic acids is 1. The summed E-state index contributed by atoms with van der Waals surface area (Å²) in [5.41, 5.74) is 1.57. The van der Waals surface area contributed by atoms with Gasteiger partial charge in [0.05, 0.1) is 12.7 Å². The van der Waals surface area contributed by atoms with Gasteiger partial charge in [-0.15, -0.1) is 0 Å². The molecule has 0 unspecified atom stereocenters. The van der Waals surface area contributed by atoms with Crippen LogP contribution in [0.5, 0.6) is 5.75 Å². The second-order valence-electron chi connectivity index (χ2n) is 7.32. The molecule has 0 saturated heterocycles. The highest BCUT2D eigenvalue weighted by Gasteiger charge is 2.27. The van der Waals surface area contributed by atoms with Gasteiger partial charge in [0.25, 0.3) is 0 Å². The summed E-state index contributed by atoms with van der Waals surface area (Å²) < 4.78 is 16.8. The van der Waals surface area contributed by atoms with Crippen LogP contribution in [0.1, 0.15) is 41.8 Å². The number of nitrogens with one attached hydrogen (secondary N) is 1. The number of carbonyl (C=O) groups is 3. The Morgan fingerprint density at radius 3 is 2.47 bits per heavy atom.